The number of aliphatic carboxylic acids is 1. The fourth-order valence-electron chi connectivity index (χ4n) is 2.91. The number of benzene rings is 1. The zero-order valence-corrected chi connectivity index (χ0v) is 19.2. The van der Waals surface area contributed by atoms with Gasteiger partial charge in [0.1, 0.15) is 24.2 Å². The van der Waals surface area contributed by atoms with E-state index in [2.05, 4.69) is 28.6 Å². The number of carboxylic acids is 1. The van der Waals surface area contributed by atoms with E-state index in [1.165, 1.54) is 0 Å². The third kappa shape index (κ3) is 10.2. The summed E-state index contributed by atoms with van der Waals surface area (Å²) in [6.45, 7) is -0.194. The molecule has 0 spiro atoms. The third-order valence-corrected chi connectivity index (χ3v) is 5.19. The smallest absolute Gasteiger partial charge is 0.327 e. The predicted octanol–water partition coefficient (Wildman–Crippen LogP) is -1.85. The molecule has 0 fully saturated rings. The molecule has 33 heavy (non-hydrogen) atoms. The number of unbranched alkanes of at least 4 members (excludes halogenated alkanes) is 1. The van der Waals surface area contributed by atoms with Gasteiger partial charge in [-0.3, -0.25) is 14.4 Å². The first-order valence-electron chi connectivity index (χ1n) is 10.6. The standard InChI is InChI=1S/C21H33N5O6S/c22-9-5-4-8-15(24-18(28)14(23)11-27)19(29)25-16(10-13-6-2-1-3-7-13)20(30)26-17(12-33)21(31)32/h1-3,6-7,14-17,27,33H,4-5,8-12,22-23H2,(H,24,28)(H,25,29)(H,26,30)(H,31,32). The van der Waals surface area contributed by atoms with Crippen LogP contribution in [0, 0.1) is 0 Å². The fourth-order valence-corrected chi connectivity index (χ4v) is 3.16. The Morgan fingerprint density at radius 2 is 1.48 bits per heavy atom. The number of nitrogens with one attached hydrogen (secondary N) is 3. The number of hydrogen-bond acceptors (Lipinski definition) is 8. The lowest BCUT2D eigenvalue weighted by Gasteiger charge is -2.25. The van der Waals surface area contributed by atoms with E-state index < -0.39 is 54.5 Å². The number of carbonyl (C=O) groups is 4. The first-order valence-corrected chi connectivity index (χ1v) is 11.2. The summed E-state index contributed by atoms with van der Waals surface area (Å²) in [6, 6.07) is 4.30. The first-order chi connectivity index (χ1) is 15.7. The highest BCUT2D eigenvalue weighted by molar-refractivity contribution is 7.80. The van der Waals surface area contributed by atoms with E-state index in [4.69, 9.17) is 16.6 Å². The minimum absolute atomic E-state index is 0.0942. The lowest BCUT2D eigenvalue weighted by atomic mass is 10.0. The maximum atomic E-state index is 13.0. The highest BCUT2D eigenvalue weighted by atomic mass is 32.1. The molecule has 0 aliphatic rings. The molecule has 4 unspecified atom stereocenters. The Labute approximate surface area is 198 Å². The van der Waals surface area contributed by atoms with E-state index in [-0.39, 0.29) is 18.6 Å². The Kier molecular flexibility index (Phi) is 13.1. The van der Waals surface area contributed by atoms with E-state index in [9.17, 15) is 24.3 Å². The van der Waals surface area contributed by atoms with E-state index in [0.29, 0.717) is 19.4 Å². The van der Waals surface area contributed by atoms with Crippen LogP contribution >= 0.6 is 12.6 Å². The van der Waals surface area contributed by atoms with Crippen LogP contribution in [0.4, 0.5) is 0 Å². The number of carbonyl (C=O) groups excluding carboxylic acids is 3. The maximum absolute atomic E-state index is 13.0. The van der Waals surface area contributed by atoms with Crippen LogP contribution in [0.1, 0.15) is 24.8 Å². The molecule has 9 N–H and O–H groups in total. The second-order valence-electron chi connectivity index (χ2n) is 7.47. The number of thiol groups is 1. The van der Waals surface area contributed by atoms with Crippen molar-refractivity contribution in [2.24, 2.45) is 11.5 Å². The molecular formula is C21H33N5O6S. The largest absolute Gasteiger partial charge is 0.480 e. The summed E-state index contributed by atoms with van der Waals surface area (Å²) in [7, 11) is 0. The summed E-state index contributed by atoms with van der Waals surface area (Å²) in [5, 5.41) is 25.8. The van der Waals surface area contributed by atoms with Crippen molar-refractivity contribution in [2.75, 3.05) is 18.9 Å². The molecule has 4 atom stereocenters. The highest BCUT2D eigenvalue weighted by Crippen LogP contribution is 2.07. The van der Waals surface area contributed by atoms with Gasteiger partial charge in [-0.05, 0) is 31.4 Å². The summed E-state index contributed by atoms with van der Waals surface area (Å²) < 4.78 is 0. The molecule has 184 valence electrons. The molecule has 0 aromatic heterocycles. The van der Waals surface area contributed by atoms with Gasteiger partial charge in [0.25, 0.3) is 0 Å². The molecule has 0 bridgehead atoms. The zero-order chi connectivity index (χ0) is 24.8. The highest BCUT2D eigenvalue weighted by Gasteiger charge is 2.30. The van der Waals surface area contributed by atoms with Gasteiger partial charge in [-0.2, -0.15) is 12.6 Å². The summed E-state index contributed by atoms with van der Waals surface area (Å²) >= 11 is 3.94. The summed E-state index contributed by atoms with van der Waals surface area (Å²) in [4.78, 5) is 49.3. The number of hydrogen-bond donors (Lipinski definition) is 8. The van der Waals surface area contributed by atoms with Crippen molar-refractivity contribution in [1.29, 1.82) is 0 Å². The minimum Gasteiger partial charge on any atom is -0.480 e. The molecule has 0 saturated carbocycles. The zero-order valence-electron chi connectivity index (χ0n) is 18.3. The Bertz CT molecular complexity index is 782. The maximum Gasteiger partial charge on any atom is 0.327 e. The monoisotopic (exact) mass is 483 g/mol. The second-order valence-corrected chi connectivity index (χ2v) is 7.83. The van der Waals surface area contributed by atoms with Crippen LogP contribution in [0.3, 0.4) is 0 Å². The molecule has 0 radical (unpaired) electrons. The van der Waals surface area contributed by atoms with E-state index >= 15 is 0 Å². The van der Waals surface area contributed by atoms with Crippen LogP contribution in [0.2, 0.25) is 0 Å². The van der Waals surface area contributed by atoms with Gasteiger partial charge in [-0.15, -0.1) is 0 Å². The van der Waals surface area contributed by atoms with Crippen molar-refractivity contribution in [3.05, 3.63) is 35.9 Å². The van der Waals surface area contributed by atoms with Crippen LogP contribution in [0.15, 0.2) is 30.3 Å². The Hall–Kier alpha value is -2.67. The van der Waals surface area contributed by atoms with Gasteiger partial charge in [-0.1, -0.05) is 30.3 Å². The van der Waals surface area contributed by atoms with Crippen molar-refractivity contribution in [2.45, 2.75) is 49.9 Å². The Balaban J connectivity index is 3.05. The predicted molar refractivity (Wildman–Crippen MR) is 125 cm³/mol. The summed E-state index contributed by atoms with van der Waals surface area (Å²) in [5.41, 5.74) is 11.8. The number of aliphatic hydroxyl groups excluding tert-OH is 1. The number of amides is 3. The second kappa shape index (κ2) is 15.2. The summed E-state index contributed by atoms with van der Waals surface area (Å²) in [5.74, 6) is -3.44. The van der Waals surface area contributed by atoms with Crippen LogP contribution in [0.25, 0.3) is 0 Å². The SMILES string of the molecule is NCCCCC(NC(=O)C(N)CO)C(=O)NC(Cc1ccccc1)C(=O)NC(CS)C(=O)O. The topological polar surface area (TPSA) is 197 Å². The number of rotatable bonds is 15. The molecule has 1 aromatic carbocycles. The molecule has 0 aliphatic heterocycles. The molecule has 12 heteroatoms. The van der Waals surface area contributed by atoms with Gasteiger partial charge >= 0.3 is 5.97 Å². The normalized spacial score (nSPS) is 14.4. The molecule has 1 aromatic rings. The van der Waals surface area contributed by atoms with Crippen LogP contribution < -0.4 is 27.4 Å². The van der Waals surface area contributed by atoms with Crippen molar-refractivity contribution >= 4 is 36.3 Å². The van der Waals surface area contributed by atoms with Crippen LogP contribution in [-0.2, 0) is 25.6 Å². The first kappa shape index (κ1) is 28.4. The van der Waals surface area contributed by atoms with Crippen molar-refractivity contribution in [1.82, 2.24) is 16.0 Å². The molecule has 0 heterocycles. The van der Waals surface area contributed by atoms with Crippen LogP contribution in [-0.4, -0.2) is 77.0 Å². The number of aliphatic hydroxyl groups is 1. The lowest BCUT2D eigenvalue weighted by Crippen LogP contribution is -2.58. The molecule has 0 saturated heterocycles. The quantitative estimate of drug-likeness (QED) is 0.105. The van der Waals surface area contributed by atoms with E-state index in [1.807, 2.05) is 0 Å². The van der Waals surface area contributed by atoms with Gasteiger partial charge in [0.2, 0.25) is 17.7 Å². The number of nitrogens with two attached hydrogens (primary N) is 2. The average molecular weight is 484 g/mol. The Morgan fingerprint density at radius 3 is 2.03 bits per heavy atom. The molecule has 0 aliphatic carbocycles. The van der Waals surface area contributed by atoms with Crippen LogP contribution in [0.5, 0.6) is 0 Å². The average Bonchev–Trinajstić information content (AvgIpc) is 2.80. The van der Waals surface area contributed by atoms with Gasteiger partial charge in [0.15, 0.2) is 0 Å². The fraction of sp³-hybridized carbons (Fsp3) is 0.524. The lowest BCUT2D eigenvalue weighted by molar-refractivity contribution is -0.141. The summed E-state index contributed by atoms with van der Waals surface area (Å²) in [6.07, 6.45) is 1.47. The van der Waals surface area contributed by atoms with Crippen molar-refractivity contribution in [3.8, 4) is 0 Å². The molecular weight excluding hydrogens is 450 g/mol. The molecule has 1 rings (SSSR count). The van der Waals surface area contributed by atoms with Gasteiger partial charge < -0.3 is 37.6 Å². The Morgan fingerprint density at radius 1 is 0.909 bits per heavy atom. The van der Waals surface area contributed by atoms with E-state index in [0.717, 1.165) is 5.56 Å². The van der Waals surface area contributed by atoms with Crippen molar-refractivity contribution in [3.63, 3.8) is 0 Å². The minimum atomic E-state index is -1.26. The van der Waals surface area contributed by atoms with Gasteiger partial charge in [0.05, 0.1) is 6.61 Å². The van der Waals surface area contributed by atoms with Gasteiger partial charge in [-0.25, -0.2) is 4.79 Å². The van der Waals surface area contributed by atoms with Gasteiger partial charge in [0, 0.05) is 12.2 Å². The van der Waals surface area contributed by atoms with E-state index in [1.54, 1.807) is 30.3 Å². The molecule has 3 amide bonds. The number of carboxylic acid groups (broad SMARTS) is 1. The third-order valence-electron chi connectivity index (χ3n) is 4.83. The molecule has 11 nitrogen and oxygen atoms in total. The van der Waals surface area contributed by atoms with Crippen molar-refractivity contribution < 1.29 is 29.4 Å².